The number of carbonyl (C=O) groups excluding carboxylic acids is 1. The van der Waals surface area contributed by atoms with E-state index in [1.165, 1.54) is 12.5 Å². The summed E-state index contributed by atoms with van der Waals surface area (Å²) in [4.78, 5) is 12.9. The van der Waals surface area contributed by atoms with Crippen molar-refractivity contribution in [3.8, 4) is 0 Å². The molecule has 2 aliphatic rings. The monoisotopic (exact) mass is 436 g/mol. The van der Waals surface area contributed by atoms with Crippen molar-refractivity contribution in [3.63, 3.8) is 0 Å². The molecule has 0 aromatic heterocycles. The molecule has 5 nitrogen and oxygen atoms in total. The number of ether oxygens (including phenoxy) is 4. The highest BCUT2D eigenvalue weighted by molar-refractivity contribution is 7.99. The van der Waals surface area contributed by atoms with Crippen LogP contribution in [0.2, 0.25) is 0 Å². The number of benzene rings is 1. The molecule has 6 heteroatoms. The molecule has 2 fully saturated rings. The maximum Gasteiger partial charge on any atom is 0.303 e. The highest BCUT2D eigenvalue weighted by Crippen LogP contribution is 2.40. The van der Waals surface area contributed by atoms with Crippen LogP contribution in [0, 0.1) is 30.6 Å². The van der Waals surface area contributed by atoms with Gasteiger partial charge in [0.05, 0.1) is 18.8 Å². The summed E-state index contributed by atoms with van der Waals surface area (Å²) in [6.45, 7) is 15.0. The summed E-state index contributed by atoms with van der Waals surface area (Å²) in [7, 11) is 0. The quantitative estimate of drug-likeness (QED) is 0.602. The average molecular weight is 437 g/mol. The summed E-state index contributed by atoms with van der Waals surface area (Å²) in [5.41, 5.74) is 0.922. The Kier molecular flexibility index (Phi) is 7.88. The van der Waals surface area contributed by atoms with Crippen LogP contribution in [0.25, 0.3) is 0 Å². The largest absolute Gasteiger partial charge is 0.458 e. The van der Waals surface area contributed by atoms with Gasteiger partial charge in [-0.2, -0.15) is 0 Å². The molecular formula is C24H36O5S. The maximum absolute atomic E-state index is 11.9. The predicted octanol–water partition coefficient (Wildman–Crippen LogP) is 5.05. The molecule has 168 valence electrons. The Morgan fingerprint density at radius 3 is 2.30 bits per heavy atom. The van der Waals surface area contributed by atoms with E-state index in [9.17, 15) is 4.79 Å². The molecule has 2 heterocycles. The molecule has 1 aromatic carbocycles. The van der Waals surface area contributed by atoms with E-state index in [0.29, 0.717) is 24.4 Å². The summed E-state index contributed by atoms with van der Waals surface area (Å²) in [6.07, 6.45) is -1.02. The molecule has 0 saturated carbocycles. The normalized spacial score (nSPS) is 39.5. The Bertz CT molecular complexity index is 708. The molecule has 3 unspecified atom stereocenters. The average Bonchev–Trinajstić information content (AvgIpc) is 2.69. The van der Waals surface area contributed by atoms with Gasteiger partial charge in [0.15, 0.2) is 6.29 Å². The van der Waals surface area contributed by atoms with Gasteiger partial charge in [0.1, 0.15) is 11.5 Å². The number of rotatable bonds is 5. The van der Waals surface area contributed by atoms with E-state index in [0.717, 1.165) is 4.90 Å². The van der Waals surface area contributed by atoms with Crippen LogP contribution in [0.15, 0.2) is 29.2 Å². The molecule has 0 amide bonds. The van der Waals surface area contributed by atoms with Gasteiger partial charge in [-0.15, -0.1) is 0 Å². The smallest absolute Gasteiger partial charge is 0.303 e. The van der Waals surface area contributed by atoms with E-state index in [1.54, 1.807) is 11.8 Å². The second-order valence-electron chi connectivity index (χ2n) is 9.07. The zero-order valence-corrected chi connectivity index (χ0v) is 20.0. The van der Waals surface area contributed by atoms with E-state index < -0.39 is 6.10 Å². The van der Waals surface area contributed by atoms with Crippen LogP contribution < -0.4 is 0 Å². The van der Waals surface area contributed by atoms with Crippen molar-refractivity contribution in [2.75, 3.05) is 6.61 Å². The first kappa shape index (κ1) is 23.6. The lowest BCUT2D eigenvalue weighted by Gasteiger charge is -2.47. The fourth-order valence-corrected chi connectivity index (χ4v) is 5.53. The van der Waals surface area contributed by atoms with Gasteiger partial charge in [0.25, 0.3) is 0 Å². The zero-order valence-electron chi connectivity index (χ0n) is 19.2. The summed E-state index contributed by atoms with van der Waals surface area (Å²) < 4.78 is 24.6. The Labute approximate surface area is 185 Å². The minimum Gasteiger partial charge on any atom is -0.458 e. The van der Waals surface area contributed by atoms with Gasteiger partial charge in [-0.3, -0.25) is 4.79 Å². The number of hydrogen-bond donors (Lipinski definition) is 0. The minimum absolute atomic E-state index is 0.0222. The Balaban J connectivity index is 1.74. The third-order valence-corrected chi connectivity index (χ3v) is 7.82. The maximum atomic E-state index is 11.9. The summed E-state index contributed by atoms with van der Waals surface area (Å²) in [5.74, 6) is 1.00. The van der Waals surface area contributed by atoms with Crippen molar-refractivity contribution in [3.05, 3.63) is 29.8 Å². The number of esters is 1. The molecule has 0 N–H and O–H groups in total. The molecule has 0 aliphatic carbocycles. The second-order valence-corrected chi connectivity index (χ2v) is 10.2. The topological polar surface area (TPSA) is 54.0 Å². The third kappa shape index (κ3) is 5.39. The molecule has 0 bridgehead atoms. The standard InChI is InChI=1S/C24H36O5S/c1-13-8-10-20(11-9-13)30-24-22(28-19(7)25)17(5)21(18(6)27-24)29-23-16(4)15(3)14(2)12-26-23/h8-11,14-18,21-24H,12H2,1-7H3/t14-,15+,16?,17+,18?,21-,22?,23+,24+/m1/s1. The van der Waals surface area contributed by atoms with Crippen LogP contribution in [-0.4, -0.2) is 42.6 Å². The van der Waals surface area contributed by atoms with E-state index in [1.807, 2.05) is 6.92 Å². The summed E-state index contributed by atoms with van der Waals surface area (Å²) in [5, 5.41) is 0. The molecule has 0 spiro atoms. The predicted molar refractivity (Wildman–Crippen MR) is 118 cm³/mol. The van der Waals surface area contributed by atoms with Gasteiger partial charge >= 0.3 is 5.97 Å². The van der Waals surface area contributed by atoms with E-state index in [2.05, 4.69) is 58.9 Å². The first-order chi connectivity index (χ1) is 14.2. The lowest BCUT2D eigenvalue weighted by Crippen LogP contribution is -2.55. The second kappa shape index (κ2) is 10.0. The van der Waals surface area contributed by atoms with E-state index >= 15 is 0 Å². The zero-order chi connectivity index (χ0) is 22.0. The van der Waals surface area contributed by atoms with Gasteiger partial charge < -0.3 is 18.9 Å². The molecular weight excluding hydrogens is 400 g/mol. The molecule has 30 heavy (non-hydrogen) atoms. The van der Waals surface area contributed by atoms with Crippen molar-refractivity contribution >= 4 is 17.7 Å². The van der Waals surface area contributed by atoms with Crippen molar-refractivity contribution in [1.29, 1.82) is 0 Å². The van der Waals surface area contributed by atoms with E-state index in [4.69, 9.17) is 18.9 Å². The van der Waals surface area contributed by atoms with Crippen molar-refractivity contribution in [2.24, 2.45) is 23.7 Å². The van der Waals surface area contributed by atoms with Crippen LogP contribution in [-0.2, 0) is 23.7 Å². The highest BCUT2D eigenvalue weighted by Gasteiger charge is 2.47. The summed E-state index contributed by atoms with van der Waals surface area (Å²) >= 11 is 1.59. The van der Waals surface area contributed by atoms with Crippen LogP contribution in [0.3, 0.4) is 0 Å². The Morgan fingerprint density at radius 1 is 1.00 bits per heavy atom. The number of carbonyl (C=O) groups is 1. The number of aryl methyl sites for hydroxylation is 1. The van der Waals surface area contributed by atoms with Crippen LogP contribution in [0.4, 0.5) is 0 Å². The summed E-state index contributed by atoms with van der Waals surface area (Å²) in [6, 6.07) is 8.31. The molecule has 1 aromatic rings. The van der Waals surface area contributed by atoms with Crippen LogP contribution in [0.5, 0.6) is 0 Å². The lowest BCUT2D eigenvalue weighted by molar-refractivity contribution is -0.281. The van der Waals surface area contributed by atoms with Gasteiger partial charge in [0.2, 0.25) is 0 Å². The van der Waals surface area contributed by atoms with E-state index in [-0.39, 0.29) is 35.8 Å². The van der Waals surface area contributed by atoms with Crippen LogP contribution in [0.1, 0.15) is 47.1 Å². The van der Waals surface area contributed by atoms with Gasteiger partial charge in [-0.05, 0) is 37.8 Å². The fourth-order valence-electron chi connectivity index (χ4n) is 4.30. The molecule has 3 rings (SSSR count). The first-order valence-corrected chi connectivity index (χ1v) is 11.9. The molecule has 2 saturated heterocycles. The first-order valence-electron chi connectivity index (χ1n) is 11.0. The molecule has 2 aliphatic heterocycles. The minimum atomic E-state index is -0.398. The van der Waals surface area contributed by atoms with Gasteiger partial charge in [0, 0.05) is 23.7 Å². The molecule has 9 atom stereocenters. The Hall–Kier alpha value is -1.08. The van der Waals surface area contributed by atoms with Crippen molar-refractivity contribution < 1.29 is 23.7 Å². The van der Waals surface area contributed by atoms with Crippen molar-refractivity contribution in [2.45, 2.75) is 83.4 Å². The molecule has 0 radical (unpaired) electrons. The van der Waals surface area contributed by atoms with Gasteiger partial charge in [-0.1, -0.05) is 57.2 Å². The Morgan fingerprint density at radius 2 is 1.67 bits per heavy atom. The number of hydrogen-bond acceptors (Lipinski definition) is 6. The lowest BCUT2D eigenvalue weighted by atomic mass is 9.82. The van der Waals surface area contributed by atoms with Crippen LogP contribution >= 0.6 is 11.8 Å². The fraction of sp³-hybridized carbons (Fsp3) is 0.708. The highest BCUT2D eigenvalue weighted by atomic mass is 32.2. The van der Waals surface area contributed by atoms with Gasteiger partial charge in [-0.25, -0.2) is 0 Å². The number of thioether (sulfide) groups is 1. The SMILES string of the molecule is CC(=O)OC1[C@@H](C)[C@@H](O[C@@H]2OC[C@@H](C)[C@H](C)C2C)C(C)O[C@H]1Sc1ccc(C)cc1. The third-order valence-electron chi connectivity index (χ3n) is 6.66. The van der Waals surface area contributed by atoms with Crippen molar-refractivity contribution in [1.82, 2.24) is 0 Å².